The third-order valence-corrected chi connectivity index (χ3v) is 5.89. The third-order valence-electron chi connectivity index (χ3n) is 5.89. The first-order valence-corrected chi connectivity index (χ1v) is 10.7. The molecule has 1 aromatic carbocycles. The van der Waals surface area contributed by atoms with Gasteiger partial charge >= 0.3 is 0 Å². The zero-order chi connectivity index (χ0) is 20.4. The first-order chi connectivity index (χ1) is 13.5. The van der Waals surface area contributed by atoms with Crippen molar-refractivity contribution in [1.29, 1.82) is 0 Å². The van der Waals surface area contributed by atoms with Crippen LogP contribution in [0.2, 0.25) is 0 Å². The van der Waals surface area contributed by atoms with Gasteiger partial charge < -0.3 is 10.2 Å². The van der Waals surface area contributed by atoms with Crippen LogP contribution in [0.3, 0.4) is 0 Å². The molecule has 1 aliphatic rings. The van der Waals surface area contributed by atoms with Gasteiger partial charge in [-0.1, -0.05) is 37.8 Å². The lowest BCUT2D eigenvalue weighted by Gasteiger charge is -2.24. The lowest BCUT2D eigenvalue weighted by molar-refractivity contribution is -0.116. The van der Waals surface area contributed by atoms with Gasteiger partial charge in [-0.25, -0.2) is 0 Å². The second-order valence-corrected chi connectivity index (χ2v) is 7.83. The molecule has 1 N–H and O–H groups in total. The molecule has 5 heteroatoms. The summed E-state index contributed by atoms with van der Waals surface area (Å²) < 4.78 is 0. The van der Waals surface area contributed by atoms with Crippen LogP contribution in [-0.4, -0.2) is 36.4 Å². The van der Waals surface area contributed by atoms with Crippen LogP contribution in [0.15, 0.2) is 28.4 Å². The Kier molecular flexibility index (Phi) is 9.18. The Morgan fingerprint density at radius 2 is 2.00 bits per heavy atom. The van der Waals surface area contributed by atoms with Crippen molar-refractivity contribution in [2.75, 3.05) is 18.4 Å². The minimum absolute atomic E-state index is 0.0658. The van der Waals surface area contributed by atoms with Gasteiger partial charge in [0.1, 0.15) is 5.84 Å². The summed E-state index contributed by atoms with van der Waals surface area (Å²) in [5, 5.41) is 11.1. The molecule has 0 saturated heterocycles. The normalized spacial score (nSPS) is 14.9. The predicted molar refractivity (Wildman–Crippen MR) is 119 cm³/mol. The maximum Gasteiger partial charge on any atom is 0.224 e. The van der Waals surface area contributed by atoms with E-state index >= 15 is 0 Å². The van der Waals surface area contributed by atoms with E-state index in [0.29, 0.717) is 6.42 Å². The molecule has 1 fully saturated rings. The lowest BCUT2D eigenvalue weighted by atomic mass is 10.0. The van der Waals surface area contributed by atoms with Crippen LogP contribution < -0.4 is 5.32 Å². The minimum Gasteiger partial charge on any atom is -0.359 e. The van der Waals surface area contributed by atoms with Gasteiger partial charge in [-0.15, -0.1) is 5.10 Å². The fraction of sp³-hybridized carbons (Fsp3) is 0.609. The molecule has 28 heavy (non-hydrogen) atoms. The SMILES string of the molecule is C=N/N=C(/CCC1CCCC1)N(CC)CCCC(=O)Nc1cccc(C)c1C. The fourth-order valence-corrected chi connectivity index (χ4v) is 3.98. The zero-order valence-corrected chi connectivity index (χ0v) is 17.8. The minimum atomic E-state index is 0.0658. The second-order valence-electron chi connectivity index (χ2n) is 7.83. The Bertz CT molecular complexity index is 677. The second kappa shape index (κ2) is 11.6. The fourth-order valence-electron chi connectivity index (χ4n) is 3.98. The maximum absolute atomic E-state index is 12.4. The summed E-state index contributed by atoms with van der Waals surface area (Å²) in [6.07, 6.45) is 8.85. The molecule has 5 nitrogen and oxygen atoms in total. The topological polar surface area (TPSA) is 57.1 Å². The van der Waals surface area contributed by atoms with Crippen LogP contribution in [0.1, 0.15) is 69.4 Å². The van der Waals surface area contributed by atoms with Gasteiger partial charge in [-0.05, 0) is 56.7 Å². The van der Waals surface area contributed by atoms with E-state index in [0.717, 1.165) is 48.9 Å². The molecule has 154 valence electrons. The number of anilines is 1. The number of benzene rings is 1. The molecule has 0 unspecified atom stereocenters. The number of amides is 1. The molecule has 0 spiro atoms. The van der Waals surface area contributed by atoms with Crippen LogP contribution in [0.5, 0.6) is 0 Å². The molecule has 2 rings (SSSR count). The van der Waals surface area contributed by atoms with Crippen LogP contribution in [0.25, 0.3) is 0 Å². The summed E-state index contributed by atoms with van der Waals surface area (Å²) in [4.78, 5) is 14.6. The summed E-state index contributed by atoms with van der Waals surface area (Å²) in [6.45, 7) is 11.5. The zero-order valence-electron chi connectivity index (χ0n) is 17.8. The summed E-state index contributed by atoms with van der Waals surface area (Å²) in [6, 6.07) is 6.00. The average Bonchev–Trinajstić information content (AvgIpc) is 3.20. The van der Waals surface area contributed by atoms with Gasteiger partial charge in [0.2, 0.25) is 5.91 Å². The monoisotopic (exact) mass is 384 g/mol. The molecule has 0 heterocycles. The van der Waals surface area contributed by atoms with Crippen LogP contribution in [0.4, 0.5) is 5.69 Å². The van der Waals surface area contributed by atoms with Gasteiger partial charge in [-0.3, -0.25) is 4.79 Å². The number of nitrogens with one attached hydrogen (secondary N) is 1. The summed E-state index contributed by atoms with van der Waals surface area (Å²) in [7, 11) is 0. The van der Waals surface area contributed by atoms with E-state index in [2.05, 4.69) is 47.1 Å². The number of rotatable bonds is 10. The molecule has 1 saturated carbocycles. The van der Waals surface area contributed by atoms with Gasteiger partial charge in [0.25, 0.3) is 0 Å². The Labute approximate surface area is 170 Å². The van der Waals surface area contributed by atoms with E-state index in [9.17, 15) is 4.79 Å². The highest BCUT2D eigenvalue weighted by atomic mass is 16.1. The number of hydrogen-bond acceptors (Lipinski definition) is 3. The van der Waals surface area contributed by atoms with E-state index in [1.807, 2.05) is 19.1 Å². The number of aryl methyl sites for hydroxylation is 1. The number of nitrogens with zero attached hydrogens (tertiary/aromatic N) is 3. The van der Waals surface area contributed by atoms with Crippen molar-refractivity contribution in [2.45, 2.75) is 72.1 Å². The molecule has 0 atom stereocenters. The highest BCUT2D eigenvalue weighted by Crippen LogP contribution is 2.29. The quantitative estimate of drug-likeness (QED) is 0.337. The van der Waals surface area contributed by atoms with Gasteiger partial charge in [0.05, 0.1) is 0 Å². The van der Waals surface area contributed by atoms with Crippen molar-refractivity contribution in [3.63, 3.8) is 0 Å². The molecule has 0 radical (unpaired) electrons. The van der Waals surface area contributed by atoms with Crippen molar-refractivity contribution >= 4 is 24.1 Å². The van der Waals surface area contributed by atoms with Crippen molar-refractivity contribution in [2.24, 2.45) is 16.1 Å². The predicted octanol–water partition coefficient (Wildman–Crippen LogP) is 5.33. The van der Waals surface area contributed by atoms with Gasteiger partial charge in [-0.2, -0.15) is 5.10 Å². The maximum atomic E-state index is 12.4. The van der Waals surface area contributed by atoms with Crippen LogP contribution in [0, 0.1) is 19.8 Å². The van der Waals surface area contributed by atoms with E-state index in [1.54, 1.807) is 0 Å². The molecule has 1 aliphatic carbocycles. The summed E-state index contributed by atoms with van der Waals surface area (Å²) in [5.41, 5.74) is 3.23. The van der Waals surface area contributed by atoms with E-state index in [1.165, 1.54) is 37.7 Å². The number of carbonyl (C=O) groups is 1. The first kappa shape index (κ1) is 22.1. The highest BCUT2D eigenvalue weighted by Gasteiger charge is 2.18. The van der Waals surface area contributed by atoms with Crippen LogP contribution in [-0.2, 0) is 4.79 Å². The van der Waals surface area contributed by atoms with Crippen molar-refractivity contribution in [3.8, 4) is 0 Å². The molecule has 0 bridgehead atoms. The molecule has 1 aromatic rings. The smallest absolute Gasteiger partial charge is 0.224 e. The third kappa shape index (κ3) is 6.77. The molecule has 0 aliphatic heterocycles. The largest absolute Gasteiger partial charge is 0.359 e. The van der Waals surface area contributed by atoms with Gasteiger partial charge in [0.15, 0.2) is 0 Å². The van der Waals surface area contributed by atoms with Crippen molar-refractivity contribution in [3.05, 3.63) is 29.3 Å². The summed E-state index contributed by atoms with van der Waals surface area (Å²) in [5.74, 6) is 1.91. The summed E-state index contributed by atoms with van der Waals surface area (Å²) >= 11 is 0. The van der Waals surface area contributed by atoms with E-state index < -0.39 is 0 Å². The van der Waals surface area contributed by atoms with Crippen molar-refractivity contribution < 1.29 is 4.79 Å². The number of hydrogen-bond donors (Lipinski definition) is 1. The Balaban J connectivity index is 1.81. The Hall–Kier alpha value is -2.17. The lowest BCUT2D eigenvalue weighted by Crippen LogP contribution is -2.32. The standard InChI is InChI=1S/C23H36N4O/c1-5-27(22(26-24-4)16-15-20-11-6-7-12-20)17-9-14-23(28)25-21-13-8-10-18(2)19(21)3/h8,10,13,20H,4-7,9,11-12,14-17H2,1-3H3,(H,25,28)/b26-22-. The molecular formula is C23H36N4O. The molecular weight excluding hydrogens is 348 g/mol. The van der Waals surface area contributed by atoms with Crippen LogP contribution >= 0.6 is 0 Å². The Morgan fingerprint density at radius 3 is 2.68 bits per heavy atom. The number of carbonyl (C=O) groups excluding carboxylic acids is 1. The average molecular weight is 385 g/mol. The van der Waals surface area contributed by atoms with Gasteiger partial charge in [0, 0.05) is 38.3 Å². The van der Waals surface area contributed by atoms with Crippen molar-refractivity contribution in [1.82, 2.24) is 4.90 Å². The van der Waals surface area contributed by atoms with E-state index in [-0.39, 0.29) is 5.91 Å². The number of amidine groups is 1. The highest BCUT2D eigenvalue weighted by molar-refractivity contribution is 5.91. The molecule has 0 aromatic heterocycles. The van der Waals surface area contributed by atoms with E-state index in [4.69, 9.17) is 0 Å². The first-order valence-electron chi connectivity index (χ1n) is 10.7. The molecule has 1 amide bonds. The Morgan fingerprint density at radius 1 is 1.25 bits per heavy atom.